The second-order valence-electron chi connectivity index (χ2n) is 2.68. The minimum atomic E-state index is -0.0991. The summed E-state index contributed by atoms with van der Waals surface area (Å²) in [7, 11) is 0. The molecule has 4 heteroatoms. The Hall–Kier alpha value is -0.220. The van der Waals surface area contributed by atoms with Crippen LogP contribution in [0, 0.1) is 0 Å². The molecule has 1 rings (SSSR count). The van der Waals surface area contributed by atoms with Crippen LogP contribution in [0.5, 0.6) is 0 Å². The third kappa shape index (κ3) is 3.45. The zero-order chi connectivity index (χ0) is 8.81. The number of rotatable bonds is 4. The molecule has 0 aromatic rings. The van der Waals surface area contributed by atoms with Crippen LogP contribution in [0.3, 0.4) is 0 Å². The fourth-order valence-corrected chi connectivity index (χ4v) is 2.07. The van der Waals surface area contributed by atoms with Gasteiger partial charge in [0.2, 0.25) is 0 Å². The van der Waals surface area contributed by atoms with E-state index in [-0.39, 0.29) is 5.97 Å². The van der Waals surface area contributed by atoms with Crippen LogP contribution < -0.4 is 5.32 Å². The summed E-state index contributed by atoms with van der Waals surface area (Å²) < 4.78 is 4.96. The summed E-state index contributed by atoms with van der Waals surface area (Å²) in [6, 6.07) is 0. The first-order valence-electron chi connectivity index (χ1n) is 4.33. The third-order valence-electron chi connectivity index (χ3n) is 1.72. The predicted molar refractivity (Wildman–Crippen MR) is 50.1 cm³/mol. The Bertz CT molecular complexity index is 146. The maximum Gasteiger partial charge on any atom is 0.305 e. The van der Waals surface area contributed by atoms with Crippen LogP contribution in [0.4, 0.5) is 0 Å². The van der Waals surface area contributed by atoms with E-state index in [4.69, 9.17) is 4.74 Å². The van der Waals surface area contributed by atoms with E-state index in [1.54, 1.807) is 0 Å². The van der Waals surface area contributed by atoms with E-state index in [9.17, 15) is 4.79 Å². The molecule has 70 valence electrons. The standard InChI is InChI=1S/C8H15NO2S/c1-2-8(10)11-5-3-7-9-4-6-12-7/h7,9H,2-6H2,1H3. The van der Waals surface area contributed by atoms with Crippen molar-refractivity contribution in [2.75, 3.05) is 18.9 Å². The van der Waals surface area contributed by atoms with E-state index in [2.05, 4.69) is 5.32 Å². The summed E-state index contributed by atoms with van der Waals surface area (Å²) in [5.41, 5.74) is 0. The molecule has 1 unspecified atom stereocenters. The van der Waals surface area contributed by atoms with Crippen LogP contribution in [0.15, 0.2) is 0 Å². The van der Waals surface area contributed by atoms with E-state index < -0.39 is 0 Å². The van der Waals surface area contributed by atoms with E-state index in [0.717, 1.165) is 13.0 Å². The highest BCUT2D eigenvalue weighted by Crippen LogP contribution is 2.16. The van der Waals surface area contributed by atoms with Gasteiger partial charge in [-0.25, -0.2) is 0 Å². The van der Waals surface area contributed by atoms with Gasteiger partial charge >= 0.3 is 5.97 Å². The predicted octanol–water partition coefficient (Wildman–Crippen LogP) is 0.992. The van der Waals surface area contributed by atoms with Crippen LogP contribution >= 0.6 is 11.8 Å². The Morgan fingerprint density at radius 1 is 1.75 bits per heavy atom. The zero-order valence-electron chi connectivity index (χ0n) is 7.34. The summed E-state index contributed by atoms with van der Waals surface area (Å²) in [5, 5.41) is 3.82. The molecule has 1 N–H and O–H groups in total. The van der Waals surface area contributed by atoms with Crippen LogP contribution in [-0.2, 0) is 9.53 Å². The average molecular weight is 189 g/mol. The summed E-state index contributed by atoms with van der Waals surface area (Å²) in [5.74, 6) is 1.07. The van der Waals surface area contributed by atoms with Crippen molar-refractivity contribution >= 4 is 17.7 Å². The largest absolute Gasteiger partial charge is 0.466 e. The van der Waals surface area contributed by atoms with Crippen molar-refractivity contribution in [3.05, 3.63) is 0 Å². The summed E-state index contributed by atoms with van der Waals surface area (Å²) in [4.78, 5) is 10.7. The first-order valence-corrected chi connectivity index (χ1v) is 5.38. The fraction of sp³-hybridized carbons (Fsp3) is 0.875. The van der Waals surface area contributed by atoms with Gasteiger partial charge in [-0.15, -0.1) is 11.8 Å². The van der Waals surface area contributed by atoms with Crippen molar-refractivity contribution in [2.24, 2.45) is 0 Å². The van der Waals surface area contributed by atoms with Crippen LogP contribution in [0.25, 0.3) is 0 Å². The van der Waals surface area contributed by atoms with Crippen molar-refractivity contribution in [3.8, 4) is 0 Å². The van der Waals surface area contributed by atoms with E-state index in [1.165, 1.54) is 5.75 Å². The van der Waals surface area contributed by atoms with Gasteiger partial charge in [0.1, 0.15) is 0 Å². The van der Waals surface area contributed by atoms with E-state index in [1.807, 2.05) is 18.7 Å². The number of hydrogen-bond donors (Lipinski definition) is 1. The lowest BCUT2D eigenvalue weighted by atomic mass is 10.4. The quantitative estimate of drug-likeness (QED) is 0.669. The summed E-state index contributed by atoms with van der Waals surface area (Å²) in [6.07, 6.45) is 1.40. The average Bonchev–Trinajstić information content (AvgIpc) is 2.57. The number of carbonyl (C=O) groups is 1. The number of carbonyl (C=O) groups excluding carboxylic acids is 1. The van der Waals surface area contributed by atoms with Crippen molar-refractivity contribution in [3.63, 3.8) is 0 Å². The summed E-state index contributed by atoms with van der Waals surface area (Å²) >= 11 is 1.90. The number of nitrogens with one attached hydrogen (secondary N) is 1. The fourth-order valence-electron chi connectivity index (χ4n) is 1.05. The third-order valence-corrected chi connectivity index (χ3v) is 2.97. The minimum absolute atomic E-state index is 0.0991. The molecule has 1 aliphatic heterocycles. The monoisotopic (exact) mass is 189 g/mol. The van der Waals surface area contributed by atoms with Gasteiger partial charge in [0.25, 0.3) is 0 Å². The number of ether oxygens (including phenoxy) is 1. The van der Waals surface area contributed by atoms with Gasteiger partial charge in [0, 0.05) is 25.1 Å². The highest BCUT2D eigenvalue weighted by atomic mass is 32.2. The van der Waals surface area contributed by atoms with E-state index in [0.29, 0.717) is 18.4 Å². The molecule has 3 nitrogen and oxygen atoms in total. The molecule has 1 heterocycles. The number of thioether (sulfide) groups is 1. The van der Waals surface area contributed by atoms with Crippen LogP contribution in [0.2, 0.25) is 0 Å². The second kappa shape index (κ2) is 5.43. The Kier molecular flexibility index (Phi) is 4.46. The van der Waals surface area contributed by atoms with Gasteiger partial charge < -0.3 is 10.1 Å². The minimum Gasteiger partial charge on any atom is -0.466 e. The molecule has 0 aromatic carbocycles. The number of hydrogen-bond acceptors (Lipinski definition) is 4. The lowest BCUT2D eigenvalue weighted by molar-refractivity contribution is -0.143. The molecule has 12 heavy (non-hydrogen) atoms. The molecule has 0 aliphatic carbocycles. The summed E-state index contributed by atoms with van der Waals surface area (Å²) in [6.45, 7) is 3.44. The van der Waals surface area contributed by atoms with Crippen LogP contribution in [-0.4, -0.2) is 30.2 Å². The Morgan fingerprint density at radius 3 is 3.17 bits per heavy atom. The lowest BCUT2D eigenvalue weighted by Gasteiger charge is -2.08. The molecule has 0 bridgehead atoms. The molecule has 1 atom stereocenters. The second-order valence-corrected chi connectivity index (χ2v) is 3.99. The van der Waals surface area contributed by atoms with Gasteiger partial charge in [0.05, 0.1) is 12.0 Å². The first-order chi connectivity index (χ1) is 5.83. The highest BCUT2D eigenvalue weighted by Gasteiger charge is 2.14. The first kappa shape index (κ1) is 9.86. The maximum atomic E-state index is 10.7. The molecule has 1 fully saturated rings. The van der Waals surface area contributed by atoms with E-state index >= 15 is 0 Å². The molecule has 0 saturated carbocycles. The molecule has 0 aromatic heterocycles. The Labute approximate surface area is 77.2 Å². The normalized spacial score (nSPS) is 22.6. The maximum absolute atomic E-state index is 10.7. The molecule has 0 radical (unpaired) electrons. The molecule has 0 amide bonds. The van der Waals surface area contributed by atoms with Crippen LogP contribution in [0.1, 0.15) is 19.8 Å². The Balaban J connectivity index is 1.97. The smallest absolute Gasteiger partial charge is 0.305 e. The van der Waals surface area contributed by atoms with Crippen molar-refractivity contribution < 1.29 is 9.53 Å². The topological polar surface area (TPSA) is 38.3 Å². The Morgan fingerprint density at radius 2 is 2.58 bits per heavy atom. The van der Waals surface area contributed by atoms with Gasteiger partial charge in [-0.05, 0) is 0 Å². The molecule has 1 aliphatic rings. The molecular weight excluding hydrogens is 174 g/mol. The molecule has 0 spiro atoms. The van der Waals surface area contributed by atoms with Crippen molar-refractivity contribution in [1.82, 2.24) is 5.32 Å². The van der Waals surface area contributed by atoms with Gasteiger partial charge in [-0.1, -0.05) is 6.92 Å². The van der Waals surface area contributed by atoms with Gasteiger partial charge in [-0.3, -0.25) is 4.79 Å². The lowest BCUT2D eigenvalue weighted by Crippen LogP contribution is -2.21. The molecule has 1 saturated heterocycles. The number of esters is 1. The highest BCUT2D eigenvalue weighted by molar-refractivity contribution is 8.00. The zero-order valence-corrected chi connectivity index (χ0v) is 8.15. The SMILES string of the molecule is CCC(=O)OCCC1NCCS1. The van der Waals surface area contributed by atoms with Crippen molar-refractivity contribution in [2.45, 2.75) is 25.1 Å². The molecular formula is C8H15NO2S. The van der Waals surface area contributed by atoms with Gasteiger partial charge in [0.15, 0.2) is 0 Å². The van der Waals surface area contributed by atoms with Gasteiger partial charge in [-0.2, -0.15) is 0 Å². The van der Waals surface area contributed by atoms with Crippen molar-refractivity contribution in [1.29, 1.82) is 0 Å².